The number of amides is 1. The van der Waals surface area contributed by atoms with Crippen molar-refractivity contribution < 1.29 is 15.0 Å². The molecule has 0 radical (unpaired) electrons. The van der Waals surface area contributed by atoms with Gasteiger partial charge in [0.1, 0.15) is 11.8 Å². The van der Waals surface area contributed by atoms with Crippen molar-refractivity contribution >= 4 is 23.2 Å². The average molecular weight is 245 g/mol. The molecule has 0 fully saturated rings. The predicted molar refractivity (Wildman–Crippen MR) is 61.4 cm³/mol. The van der Waals surface area contributed by atoms with Crippen molar-refractivity contribution in [1.29, 1.82) is 0 Å². The Hall–Kier alpha value is -1.30. The number of nitrogens with one attached hydrogen (secondary N) is 1. The van der Waals surface area contributed by atoms with E-state index in [1.54, 1.807) is 0 Å². The van der Waals surface area contributed by atoms with Crippen molar-refractivity contribution in [1.82, 2.24) is 0 Å². The summed E-state index contributed by atoms with van der Waals surface area (Å²) in [4.78, 5) is 11.5. The smallest absolute Gasteiger partial charge is 0.244 e. The van der Waals surface area contributed by atoms with Gasteiger partial charge in [0.2, 0.25) is 5.91 Å². The van der Waals surface area contributed by atoms with Gasteiger partial charge in [0.25, 0.3) is 0 Å². The summed E-state index contributed by atoms with van der Waals surface area (Å²) < 4.78 is 0. The second-order valence-electron chi connectivity index (χ2n) is 3.42. The number of aromatic hydroxyl groups is 1. The molecule has 5 N–H and O–H groups in total. The molecule has 0 unspecified atom stereocenters. The van der Waals surface area contributed by atoms with Crippen LogP contribution in [0.25, 0.3) is 0 Å². The monoisotopic (exact) mass is 244 g/mol. The standard InChI is InChI=1S/C10H13ClN2O3/c1-5(14)9(12)10(16)13-7-4-6(11)2-3-8(7)15/h2-5,9,14-15H,12H2,1H3,(H,13,16)/t5-,9+/m0/s1. The number of phenolic OH excluding ortho intramolecular Hbond substituents is 1. The highest BCUT2D eigenvalue weighted by Gasteiger charge is 2.19. The second-order valence-corrected chi connectivity index (χ2v) is 3.85. The number of aliphatic hydroxyl groups excluding tert-OH is 1. The highest BCUT2D eigenvalue weighted by molar-refractivity contribution is 6.31. The summed E-state index contributed by atoms with van der Waals surface area (Å²) >= 11 is 5.70. The van der Waals surface area contributed by atoms with E-state index in [0.717, 1.165) is 0 Å². The predicted octanol–water partition coefficient (Wildman–Crippen LogP) is 0.692. The molecule has 1 aromatic rings. The van der Waals surface area contributed by atoms with Crippen molar-refractivity contribution in [3.63, 3.8) is 0 Å². The van der Waals surface area contributed by atoms with Crippen LogP contribution in [0.5, 0.6) is 5.75 Å². The van der Waals surface area contributed by atoms with Gasteiger partial charge in [0.15, 0.2) is 0 Å². The summed E-state index contributed by atoms with van der Waals surface area (Å²) in [5.41, 5.74) is 5.58. The number of aliphatic hydroxyl groups is 1. The first kappa shape index (κ1) is 12.8. The van der Waals surface area contributed by atoms with Gasteiger partial charge < -0.3 is 21.3 Å². The molecule has 0 aliphatic carbocycles. The fraction of sp³-hybridized carbons (Fsp3) is 0.300. The van der Waals surface area contributed by atoms with Crippen molar-refractivity contribution in [2.24, 2.45) is 5.73 Å². The molecule has 0 aliphatic rings. The highest BCUT2D eigenvalue weighted by atomic mass is 35.5. The molecule has 0 saturated carbocycles. The number of carbonyl (C=O) groups excluding carboxylic acids is 1. The van der Waals surface area contributed by atoms with Gasteiger partial charge in [-0.2, -0.15) is 0 Å². The lowest BCUT2D eigenvalue weighted by Crippen LogP contribution is -2.43. The molecule has 0 aliphatic heterocycles. The minimum absolute atomic E-state index is 0.115. The molecule has 2 atom stereocenters. The second kappa shape index (κ2) is 5.16. The lowest BCUT2D eigenvalue weighted by molar-refractivity contribution is -0.119. The molecular formula is C10H13ClN2O3. The zero-order valence-electron chi connectivity index (χ0n) is 8.64. The number of benzene rings is 1. The van der Waals surface area contributed by atoms with E-state index in [0.29, 0.717) is 5.02 Å². The molecule has 0 heterocycles. The maximum atomic E-state index is 11.5. The van der Waals surface area contributed by atoms with E-state index in [4.69, 9.17) is 22.4 Å². The summed E-state index contributed by atoms with van der Waals surface area (Å²) in [5, 5.41) is 21.3. The Kier molecular flexibility index (Phi) is 4.12. The molecule has 0 spiro atoms. The van der Waals surface area contributed by atoms with Crippen LogP contribution < -0.4 is 11.1 Å². The molecular weight excluding hydrogens is 232 g/mol. The van der Waals surface area contributed by atoms with E-state index in [2.05, 4.69) is 5.32 Å². The number of carbonyl (C=O) groups is 1. The third-order valence-electron chi connectivity index (χ3n) is 2.04. The Labute approximate surface area is 97.8 Å². The fourth-order valence-electron chi connectivity index (χ4n) is 1.04. The van der Waals surface area contributed by atoms with Crippen LogP contribution in [0, 0.1) is 0 Å². The fourth-order valence-corrected chi connectivity index (χ4v) is 1.22. The molecule has 1 amide bonds. The number of hydrogen-bond acceptors (Lipinski definition) is 4. The maximum Gasteiger partial charge on any atom is 0.244 e. The Morgan fingerprint density at radius 2 is 2.19 bits per heavy atom. The van der Waals surface area contributed by atoms with Crippen LogP contribution in [0.4, 0.5) is 5.69 Å². The van der Waals surface area contributed by atoms with Crippen LogP contribution in [0.15, 0.2) is 18.2 Å². The molecule has 6 heteroatoms. The summed E-state index contributed by atoms with van der Waals surface area (Å²) in [5.74, 6) is -0.705. The van der Waals surface area contributed by atoms with Gasteiger partial charge in [-0.25, -0.2) is 0 Å². The molecule has 88 valence electrons. The quantitative estimate of drug-likeness (QED) is 0.589. The van der Waals surface area contributed by atoms with Crippen molar-refractivity contribution in [2.45, 2.75) is 19.1 Å². The topological polar surface area (TPSA) is 95.6 Å². The third-order valence-corrected chi connectivity index (χ3v) is 2.27. The zero-order chi connectivity index (χ0) is 12.3. The largest absolute Gasteiger partial charge is 0.506 e. The summed E-state index contributed by atoms with van der Waals surface area (Å²) in [6.45, 7) is 1.40. The Bertz CT molecular complexity index is 396. The summed E-state index contributed by atoms with van der Waals surface area (Å²) in [7, 11) is 0. The van der Waals surface area contributed by atoms with E-state index >= 15 is 0 Å². The molecule has 0 bridgehead atoms. The van der Waals surface area contributed by atoms with Crippen LogP contribution in [0.2, 0.25) is 5.02 Å². The lowest BCUT2D eigenvalue weighted by atomic mass is 10.2. The normalized spacial score (nSPS) is 14.2. The van der Waals surface area contributed by atoms with Crippen LogP contribution >= 0.6 is 11.6 Å². The minimum Gasteiger partial charge on any atom is -0.506 e. The summed E-state index contributed by atoms with van der Waals surface area (Å²) in [6.07, 6.45) is -0.971. The first-order valence-electron chi connectivity index (χ1n) is 4.65. The molecule has 0 saturated heterocycles. The summed E-state index contributed by atoms with van der Waals surface area (Å²) in [6, 6.07) is 3.18. The average Bonchev–Trinajstić information content (AvgIpc) is 2.22. The van der Waals surface area contributed by atoms with E-state index < -0.39 is 18.1 Å². The highest BCUT2D eigenvalue weighted by Crippen LogP contribution is 2.26. The molecule has 1 aromatic carbocycles. The van der Waals surface area contributed by atoms with Gasteiger partial charge >= 0.3 is 0 Å². The Balaban J connectivity index is 2.80. The van der Waals surface area contributed by atoms with Gasteiger partial charge in [0, 0.05) is 5.02 Å². The number of rotatable bonds is 3. The van der Waals surface area contributed by atoms with Gasteiger partial charge in [-0.3, -0.25) is 4.79 Å². The van der Waals surface area contributed by atoms with Crippen LogP contribution in [-0.2, 0) is 4.79 Å². The molecule has 1 rings (SSSR count). The number of hydrogen-bond donors (Lipinski definition) is 4. The minimum atomic E-state index is -1.06. The Morgan fingerprint density at radius 3 is 2.75 bits per heavy atom. The van der Waals surface area contributed by atoms with E-state index in [9.17, 15) is 9.90 Å². The van der Waals surface area contributed by atoms with Crippen molar-refractivity contribution in [3.8, 4) is 5.75 Å². The lowest BCUT2D eigenvalue weighted by Gasteiger charge is -2.15. The van der Waals surface area contributed by atoms with E-state index in [-0.39, 0.29) is 11.4 Å². The van der Waals surface area contributed by atoms with Gasteiger partial charge in [-0.1, -0.05) is 11.6 Å². The molecule has 16 heavy (non-hydrogen) atoms. The number of nitrogens with two attached hydrogens (primary N) is 1. The van der Waals surface area contributed by atoms with E-state index in [1.165, 1.54) is 25.1 Å². The Morgan fingerprint density at radius 1 is 1.56 bits per heavy atom. The van der Waals surface area contributed by atoms with Crippen molar-refractivity contribution in [3.05, 3.63) is 23.2 Å². The first-order chi connectivity index (χ1) is 7.41. The van der Waals surface area contributed by atoms with Gasteiger partial charge in [0.05, 0.1) is 11.8 Å². The van der Waals surface area contributed by atoms with Gasteiger partial charge in [-0.05, 0) is 25.1 Å². The van der Waals surface area contributed by atoms with Crippen LogP contribution in [0.3, 0.4) is 0 Å². The van der Waals surface area contributed by atoms with Gasteiger partial charge in [-0.15, -0.1) is 0 Å². The molecule has 0 aromatic heterocycles. The number of phenols is 1. The SMILES string of the molecule is C[C@H](O)[C@@H](N)C(=O)Nc1cc(Cl)ccc1O. The number of anilines is 1. The number of halogens is 1. The first-order valence-corrected chi connectivity index (χ1v) is 5.02. The van der Waals surface area contributed by atoms with E-state index in [1.807, 2.05) is 0 Å². The van der Waals surface area contributed by atoms with Crippen LogP contribution in [0.1, 0.15) is 6.92 Å². The van der Waals surface area contributed by atoms with Crippen molar-refractivity contribution in [2.75, 3.05) is 5.32 Å². The van der Waals surface area contributed by atoms with Crippen LogP contribution in [-0.4, -0.2) is 28.3 Å². The third kappa shape index (κ3) is 3.10. The maximum absolute atomic E-state index is 11.5. The zero-order valence-corrected chi connectivity index (χ0v) is 9.40. The molecule has 5 nitrogen and oxygen atoms in total.